The van der Waals surface area contributed by atoms with Gasteiger partial charge in [0, 0.05) is 56.1 Å². The molecule has 18 atom stereocenters. The molecule has 3 aliphatic rings. The molecular formula is C47H75N5O16. The molecule has 3 fully saturated rings. The van der Waals surface area contributed by atoms with Crippen molar-refractivity contribution in [1.82, 2.24) is 19.9 Å². The number of Topliss-reactive ketones (excluding diaryl/α,β-unsaturated/α-hetero) is 1. The van der Waals surface area contributed by atoms with Crippen molar-refractivity contribution in [2.45, 2.75) is 192 Å². The molecule has 4 heterocycles. The molecule has 3 saturated heterocycles. The van der Waals surface area contributed by atoms with Crippen LogP contribution in [0.4, 0.5) is 5.69 Å². The van der Waals surface area contributed by atoms with Crippen molar-refractivity contribution in [2.75, 3.05) is 20.8 Å². The van der Waals surface area contributed by atoms with Crippen LogP contribution in [0, 0.1) is 33.8 Å². The lowest BCUT2D eigenvalue weighted by Crippen LogP contribution is -2.61. The Balaban J connectivity index is 1.44. The molecule has 2 aromatic rings. The molecule has 5 N–H and O–H groups in total. The molecule has 21 heteroatoms. The number of likely N-dealkylation sites (N-methyl/N-ethyl adjacent to an activating group) is 1. The lowest BCUT2D eigenvalue weighted by molar-refractivity contribution is -0.385. The van der Waals surface area contributed by atoms with Gasteiger partial charge in [-0.25, -0.2) is 4.68 Å². The highest BCUT2D eigenvalue weighted by molar-refractivity contribution is 5.83. The average molecular weight is 966 g/mol. The van der Waals surface area contributed by atoms with Crippen LogP contribution in [0.1, 0.15) is 101 Å². The van der Waals surface area contributed by atoms with E-state index in [1.807, 2.05) is 11.8 Å². The van der Waals surface area contributed by atoms with Crippen molar-refractivity contribution in [1.29, 1.82) is 0 Å². The van der Waals surface area contributed by atoms with E-state index < -0.39 is 125 Å². The number of hydrogen-bond acceptors (Lipinski definition) is 19. The fourth-order valence-electron chi connectivity index (χ4n) is 10.2. The van der Waals surface area contributed by atoms with Crippen LogP contribution in [0.3, 0.4) is 0 Å². The van der Waals surface area contributed by atoms with Gasteiger partial charge in [0.2, 0.25) is 0 Å². The Morgan fingerprint density at radius 2 is 1.65 bits per heavy atom. The predicted molar refractivity (Wildman–Crippen MR) is 243 cm³/mol. The molecule has 3 aliphatic heterocycles. The summed E-state index contributed by atoms with van der Waals surface area (Å²) in [5.74, 6) is -5.25. The van der Waals surface area contributed by atoms with E-state index in [-0.39, 0.29) is 50.4 Å². The van der Waals surface area contributed by atoms with E-state index in [2.05, 4.69) is 10.3 Å². The first kappa shape index (κ1) is 55.2. The maximum absolute atomic E-state index is 14.3. The van der Waals surface area contributed by atoms with Gasteiger partial charge in [-0.1, -0.05) is 45.0 Å². The zero-order chi connectivity index (χ0) is 50.6. The normalized spacial score (nSPS) is 40.1. The van der Waals surface area contributed by atoms with Gasteiger partial charge in [-0.05, 0) is 73.9 Å². The summed E-state index contributed by atoms with van der Waals surface area (Å²) in [6.45, 7) is 16.6. The molecule has 5 rings (SSSR count). The number of para-hydroxylation sites is 2. The average Bonchev–Trinajstić information content (AvgIpc) is 3.73. The van der Waals surface area contributed by atoms with Crippen LogP contribution in [0.15, 0.2) is 30.5 Å². The molecule has 21 nitrogen and oxygen atoms in total. The summed E-state index contributed by atoms with van der Waals surface area (Å²) >= 11 is 0. The second-order valence-electron chi connectivity index (χ2n) is 20.0. The van der Waals surface area contributed by atoms with E-state index in [1.54, 1.807) is 71.6 Å². The van der Waals surface area contributed by atoms with Crippen LogP contribution in [0.5, 0.6) is 5.75 Å². The van der Waals surface area contributed by atoms with Gasteiger partial charge >= 0.3 is 11.7 Å². The van der Waals surface area contributed by atoms with Crippen LogP contribution in [-0.2, 0) is 51.1 Å². The number of nitrogens with zero attached hydrogens (tertiary/aromatic N) is 5. The lowest BCUT2D eigenvalue weighted by Gasteiger charge is -2.49. The molecule has 0 spiro atoms. The minimum atomic E-state index is -2.05. The van der Waals surface area contributed by atoms with Crippen molar-refractivity contribution >= 4 is 17.4 Å². The summed E-state index contributed by atoms with van der Waals surface area (Å²) in [4.78, 5) is 41.2. The number of ether oxygens (including phenoxy) is 7. The van der Waals surface area contributed by atoms with Crippen molar-refractivity contribution < 1.29 is 73.2 Å². The summed E-state index contributed by atoms with van der Waals surface area (Å²) < 4.78 is 44.9. The molecule has 0 aliphatic carbocycles. The highest BCUT2D eigenvalue weighted by Gasteiger charge is 2.53. The molecule has 0 radical (unpaired) electrons. The van der Waals surface area contributed by atoms with Crippen LogP contribution >= 0.6 is 0 Å². The van der Waals surface area contributed by atoms with Gasteiger partial charge < -0.3 is 58.7 Å². The van der Waals surface area contributed by atoms with E-state index >= 15 is 0 Å². The van der Waals surface area contributed by atoms with Crippen molar-refractivity contribution in [3.63, 3.8) is 0 Å². The fraction of sp³-hybridized carbons (Fsp3) is 0.787. The number of aliphatic hydroxyl groups is 5. The Morgan fingerprint density at radius 3 is 2.29 bits per heavy atom. The molecular weight excluding hydrogens is 891 g/mol. The number of aliphatic hydroxyl groups excluding tert-OH is 3. The third-order valence-electron chi connectivity index (χ3n) is 14.4. The molecule has 0 unspecified atom stereocenters. The first-order valence-electron chi connectivity index (χ1n) is 23.6. The Kier molecular flexibility index (Phi) is 18.3. The number of nitro benzene ring substituents is 1. The molecule has 0 saturated carbocycles. The number of esters is 1. The number of carbonyl (C=O) groups is 2. The maximum Gasteiger partial charge on any atom is 0.311 e. The number of benzene rings is 1. The number of methoxy groups -OCH3 is 1. The first-order chi connectivity index (χ1) is 31.8. The standard InChI is InChI=1S/C47H75N5O16/c1-13-35-47(10,59)40(55)27(4)37(53)25(2)21-45(8,58)42(28(5)39(29(6)43(57)66-35)67-36-22-46(9,62-12)41(56)30(7)65-36)68-44-38(54)33(20-26(3)64-44)50(11)23-31-24-51(49-48-31)18-19-63-34-17-15-14-16-32(34)52(60)61/h14-17,24-30,33,35-36,38-42,44,54-56,58-59H,13,18-23H2,1-12H3/t25-,26-,27+,28+,29-,30+,33+,35-,36+,38-,39+,40-,41+,42-,44+,45-,46-,47-/m1/s1. The number of ketones is 1. The third-order valence-corrected chi connectivity index (χ3v) is 14.4. The van der Waals surface area contributed by atoms with Gasteiger partial charge in [0.15, 0.2) is 18.3 Å². The highest BCUT2D eigenvalue weighted by Crippen LogP contribution is 2.41. The van der Waals surface area contributed by atoms with Gasteiger partial charge in [-0.15, -0.1) is 5.10 Å². The van der Waals surface area contributed by atoms with Crippen LogP contribution in [-0.4, -0.2) is 167 Å². The quantitative estimate of drug-likeness (QED) is 0.103. The predicted octanol–water partition coefficient (Wildman–Crippen LogP) is 2.93. The van der Waals surface area contributed by atoms with E-state index in [9.17, 15) is 45.2 Å². The number of nitro groups is 1. The molecule has 1 aromatic carbocycles. The number of aromatic nitrogens is 3. The molecule has 1 aromatic heterocycles. The summed E-state index contributed by atoms with van der Waals surface area (Å²) in [6.07, 6.45) is -9.36. The SMILES string of the molecule is CC[C@H]1OC(=O)[C@H](C)[C@@H](O[C@H]2C[C@@](C)(OC)[C@@H](O)[C@H](C)O2)[C@H](C)[C@@H](O[C@@H]2O[C@H](C)C[C@H](N(C)Cc3cn(CCOc4ccccc4[N+](=O)[O-])nn3)[C@H]2O)[C@](C)(O)C[C@@H](C)C(=O)[C@H](C)[C@@H](O)[C@]1(C)O. The molecule has 384 valence electrons. The van der Waals surface area contributed by atoms with Crippen LogP contribution in [0.2, 0.25) is 0 Å². The Bertz CT molecular complexity index is 2000. The smallest absolute Gasteiger partial charge is 0.311 e. The Morgan fingerprint density at radius 1 is 0.971 bits per heavy atom. The summed E-state index contributed by atoms with van der Waals surface area (Å²) in [5, 5.41) is 78.9. The van der Waals surface area contributed by atoms with Gasteiger partial charge in [-0.2, -0.15) is 0 Å². The zero-order valence-corrected chi connectivity index (χ0v) is 41.5. The van der Waals surface area contributed by atoms with Crippen LogP contribution in [0.25, 0.3) is 0 Å². The minimum absolute atomic E-state index is 0.0415. The van der Waals surface area contributed by atoms with Crippen molar-refractivity contribution in [2.24, 2.45) is 23.7 Å². The largest absolute Gasteiger partial charge is 0.485 e. The van der Waals surface area contributed by atoms with E-state index in [0.29, 0.717) is 12.1 Å². The summed E-state index contributed by atoms with van der Waals surface area (Å²) in [7, 11) is 3.27. The van der Waals surface area contributed by atoms with Gasteiger partial charge in [0.05, 0.1) is 64.8 Å². The molecule has 68 heavy (non-hydrogen) atoms. The van der Waals surface area contributed by atoms with Gasteiger partial charge in [0.25, 0.3) is 0 Å². The molecule has 0 amide bonds. The monoisotopic (exact) mass is 966 g/mol. The number of cyclic esters (lactones) is 1. The Hall–Kier alpha value is -3.74. The topological polar surface area (TPSA) is 277 Å². The van der Waals surface area contributed by atoms with Crippen LogP contribution < -0.4 is 4.74 Å². The van der Waals surface area contributed by atoms with Crippen molar-refractivity contribution in [3.8, 4) is 5.75 Å². The van der Waals surface area contributed by atoms with E-state index in [0.717, 1.165) is 0 Å². The van der Waals surface area contributed by atoms with Crippen molar-refractivity contribution in [3.05, 3.63) is 46.3 Å². The minimum Gasteiger partial charge on any atom is -0.485 e. The zero-order valence-electron chi connectivity index (χ0n) is 41.5. The second kappa shape index (κ2) is 22.6. The number of rotatable bonds is 14. The molecule has 0 bridgehead atoms. The summed E-state index contributed by atoms with van der Waals surface area (Å²) in [5.41, 5.74) is -4.65. The Labute approximate surface area is 398 Å². The highest BCUT2D eigenvalue weighted by atomic mass is 16.7. The third kappa shape index (κ3) is 12.4. The summed E-state index contributed by atoms with van der Waals surface area (Å²) in [6, 6.07) is 5.51. The van der Waals surface area contributed by atoms with Gasteiger partial charge in [0.1, 0.15) is 36.3 Å². The van der Waals surface area contributed by atoms with Gasteiger partial charge in [-0.3, -0.25) is 24.6 Å². The first-order valence-corrected chi connectivity index (χ1v) is 23.6. The fourth-order valence-corrected chi connectivity index (χ4v) is 10.2. The van der Waals surface area contributed by atoms with E-state index in [1.165, 1.54) is 40.0 Å². The number of carbonyl (C=O) groups excluding carboxylic acids is 2. The van der Waals surface area contributed by atoms with E-state index in [4.69, 9.17) is 33.2 Å². The number of hydrogen-bond donors (Lipinski definition) is 5. The second-order valence-corrected chi connectivity index (χ2v) is 20.0. The lowest BCUT2D eigenvalue weighted by atomic mass is 9.74. The maximum atomic E-state index is 14.3.